The van der Waals surface area contributed by atoms with Crippen molar-refractivity contribution in [1.29, 1.82) is 5.26 Å². The van der Waals surface area contributed by atoms with Crippen LogP contribution in [0.3, 0.4) is 0 Å². The number of hydrogen-bond donors (Lipinski definition) is 0. The van der Waals surface area contributed by atoms with E-state index in [1.54, 1.807) is 16.8 Å². The molecule has 3 aromatic rings. The van der Waals surface area contributed by atoms with E-state index in [-0.39, 0.29) is 0 Å². The first-order chi connectivity index (χ1) is 14.1. The highest BCUT2D eigenvalue weighted by molar-refractivity contribution is 5.65. The van der Waals surface area contributed by atoms with Crippen LogP contribution in [-0.4, -0.2) is 34.1 Å². The van der Waals surface area contributed by atoms with Gasteiger partial charge in [0.2, 0.25) is 5.88 Å². The third-order valence-electron chi connectivity index (χ3n) is 5.03. The van der Waals surface area contributed by atoms with Gasteiger partial charge >= 0.3 is 0 Å². The molecule has 1 aliphatic rings. The number of aliphatic imine (C=N–C) groups is 1. The summed E-state index contributed by atoms with van der Waals surface area (Å²) in [6, 6.07) is 15.3. The zero-order chi connectivity index (χ0) is 20.2. The van der Waals surface area contributed by atoms with E-state index in [0.29, 0.717) is 11.4 Å². The molecule has 1 aliphatic heterocycles. The highest BCUT2D eigenvalue weighted by atomic mass is 16.5. The van der Waals surface area contributed by atoms with Crippen molar-refractivity contribution in [2.75, 3.05) is 13.1 Å². The van der Waals surface area contributed by atoms with E-state index in [4.69, 9.17) is 10.00 Å². The maximum Gasteiger partial charge on any atom is 0.238 e. The van der Waals surface area contributed by atoms with Gasteiger partial charge < -0.3 is 9.64 Å². The highest BCUT2D eigenvalue weighted by Crippen LogP contribution is 2.31. The summed E-state index contributed by atoms with van der Waals surface area (Å²) >= 11 is 0. The minimum Gasteiger partial charge on any atom is -0.437 e. The quantitative estimate of drug-likeness (QED) is 0.462. The van der Waals surface area contributed by atoms with Gasteiger partial charge in [-0.2, -0.15) is 5.26 Å². The molecular formula is C23H23N5O. The molecule has 0 amide bonds. The molecule has 6 heteroatoms. The minimum atomic E-state index is 0.519. The van der Waals surface area contributed by atoms with Crippen LogP contribution in [0.15, 0.2) is 53.7 Å². The van der Waals surface area contributed by atoms with E-state index in [1.165, 1.54) is 12.8 Å². The van der Waals surface area contributed by atoms with Crippen LogP contribution in [0, 0.1) is 25.2 Å². The van der Waals surface area contributed by atoms with Crippen molar-refractivity contribution in [3.8, 4) is 23.4 Å². The first kappa shape index (κ1) is 18.8. The summed E-state index contributed by atoms with van der Waals surface area (Å²) in [5.74, 6) is 1.29. The number of nitrogens with zero attached hydrogens (tertiary/aromatic N) is 5. The van der Waals surface area contributed by atoms with Crippen LogP contribution >= 0.6 is 0 Å². The van der Waals surface area contributed by atoms with E-state index in [0.717, 1.165) is 41.3 Å². The third-order valence-corrected chi connectivity index (χ3v) is 5.03. The van der Waals surface area contributed by atoms with Crippen LogP contribution in [-0.2, 0) is 0 Å². The predicted molar refractivity (Wildman–Crippen MR) is 113 cm³/mol. The zero-order valence-electron chi connectivity index (χ0n) is 16.7. The van der Waals surface area contributed by atoms with Gasteiger partial charge in [0, 0.05) is 25.4 Å². The summed E-state index contributed by atoms with van der Waals surface area (Å²) < 4.78 is 7.75. The Morgan fingerprint density at radius 2 is 1.83 bits per heavy atom. The van der Waals surface area contributed by atoms with Crippen LogP contribution in [0.5, 0.6) is 11.6 Å². The number of aryl methyl sites for hydroxylation is 2. The van der Waals surface area contributed by atoms with E-state index in [1.807, 2.05) is 50.6 Å². The molecule has 0 atom stereocenters. The van der Waals surface area contributed by atoms with Crippen molar-refractivity contribution < 1.29 is 4.74 Å². The van der Waals surface area contributed by atoms with Crippen molar-refractivity contribution in [3.05, 3.63) is 65.4 Å². The van der Waals surface area contributed by atoms with Crippen LogP contribution in [0.1, 0.15) is 29.5 Å². The van der Waals surface area contributed by atoms with Crippen molar-refractivity contribution in [2.24, 2.45) is 4.99 Å². The number of hydrogen-bond acceptors (Lipinski definition) is 4. The maximum absolute atomic E-state index is 8.92. The lowest BCUT2D eigenvalue weighted by Crippen LogP contribution is -2.16. The Hall–Kier alpha value is -3.59. The fourth-order valence-corrected chi connectivity index (χ4v) is 3.33. The molecule has 146 valence electrons. The summed E-state index contributed by atoms with van der Waals surface area (Å²) in [7, 11) is 0. The predicted octanol–water partition coefficient (Wildman–Crippen LogP) is 4.91. The molecular weight excluding hydrogens is 362 g/mol. The second kappa shape index (κ2) is 8.19. The van der Waals surface area contributed by atoms with Crippen molar-refractivity contribution in [3.63, 3.8) is 0 Å². The largest absolute Gasteiger partial charge is 0.437 e. The zero-order valence-corrected chi connectivity index (χ0v) is 16.7. The standard InChI is InChI=1S/C23H23N5O/c1-17-14-22(18(2)13-21(17)25-16-27-10-3-4-11-27)29-23-9-12-28(26-23)20-7-5-19(15-24)6-8-20/h5-9,12-14,16H,3-4,10-11H2,1-2H3/b25-16+. The molecule has 0 bridgehead atoms. The Morgan fingerprint density at radius 1 is 1.07 bits per heavy atom. The third kappa shape index (κ3) is 4.30. The molecule has 0 spiro atoms. The van der Waals surface area contributed by atoms with Crippen molar-refractivity contribution >= 4 is 12.0 Å². The first-order valence-electron chi connectivity index (χ1n) is 9.76. The van der Waals surface area contributed by atoms with Crippen LogP contribution < -0.4 is 4.74 Å². The van der Waals surface area contributed by atoms with E-state index in [9.17, 15) is 0 Å². The summed E-state index contributed by atoms with van der Waals surface area (Å²) in [5.41, 5.74) is 4.53. The first-order valence-corrected chi connectivity index (χ1v) is 9.76. The second-order valence-corrected chi connectivity index (χ2v) is 7.25. The molecule has 4 rings (SSSR count). The Kier molecular flexibility index (Phi) is 5.30. The fraction of sp³-hybridized carbons (Fsp3) is 0.261. The lowest BCUT2D eigenvalue weighted by atomic mass is 10.1. The fourth-order valence-electron chi connectivity index (χ4n) is 3.33. The minimum absolute atomic E-state index is 0.519. The lowest BCUT2D eigenvalue weighted by molar-refractivity contribution is 0.454. The lowest BCUT2D eigenvalue weighted by Gasteiger charge is -2.12. The molecule has 2 aromatic carbocycles. The van der Waals surface area contributed by atoms with Crippen molar-refractivity contribution in [2.45, 2.75) is 26.7 Å². The summed E-state index contributed by atoms with van der Waals surface area (Å²) in [6.45, 7) is 6.23. The van der Waals surface area contributed by atoms with E-state index in [2.05, 4.69) is 27.1 Å². The van der Waals surface area contributed by atoms with Gasteiger partial charge in [-0.05, 0) is 74.2 Å². The normalized spacial score (nSPS) is 13.8. The van der Waals surface area contributed by atoms with Crippen molar-refractivity contribution in [1.82, 2.24) is 14.7 Å². The molecule has 0 aliphatic carbocycles. The Morgan fingerprint density at radius 3 is 2.55 bits per heavy atom. The van der Waals surface area contributed by atoms with Gasteiger partial charge in [0.25, 0.3) is 0 Å². The number of rotatable bonds is 5. The van der Waals surface area contributed by atoms with Gasteiger partial charge in [0.1, 0.15) is 5.75 Å². The average molecular weight is 385 g/mol. The molecule has 1 fully saturated rings. The van der Waals surface area contributed by atoms with Gasteiger partial charge in [0.15, 0.2) is 0 Å². The summed E-state index contributed by atoms with van der Waals surface area (Å²) in [5, 5.41) is 13.4. The van der Waals surface area contributed by atoms with Gasteiger partial charge in [-0.1, -0.05) is 0 Å². The molecule has 2 heterocycles. The van der Waals surface area contributed by atoms with E-state index >= 15 is 0 Å². The van der Waals surface area contributed by atoms with Crippen LogP contribution in [0.2, 0.25) is 0 Å². The smallest absolute Gasteiger partial charge is 0.238 e. The molecule has 1 aromatic heterocycles. The van der Waals surface area contributed by atoms with Crippen LogP contribution in [0.4, 0.5) is 5.69 Å². The number of benzene rings is 2. The van der Waals surface area contributed by atoms with Crippen LogP contribution in [0.25, 0.3) is 5.69 Å². The van der Waals surface area contributed by atoms with E-state index < -0.39 is 0 Å². The second-order valence-electron chi connectivity index (χ2n) is 7.25. The number of likely N-dealkylation sites (tertiary alicyclic amines) is 1. The van der Waals surface area contributed by atoms with Gasteiger partial charge in [-0.25, -0.2) is 9.67 Å². The molecule has 1 saturated heterocycles. The number of aromatic nitrogens is 2. The maximum atomic E-state index is 8.92. The molecule has 0 N–H and O–H groups in total. The SMILES string of the molecule is Cc1cc(Oc2ccn(-c3ccc(C#N)cc3)n2)c(C)cc1/N=C/N1CCCC1. The summed E-state index contributed by atoms with van der Waals surface area (Å²) in [6.07, 6.45) is 6.28. The molecule has 6 nitrogen and oxygen atoms in total. The van der Waals surface area contributed by atoms with Gasteiger partial charge in [-0.3, -0.25) is 0 Å². The molecule has 29 heavy (non-hydrogen) atoms. The van der Waals surface area contributed by atoms with Gasteiger partial charge in [0.05, 0.1) is 29.3 Å². The highest BCUT2D eigenvalue weighted by Gasteiger charge is 2.10. The molecule has 0 radical (unpaired) electrons. The average Bonchev–Trinajstić information content (AvgIpc) is 3.42. The Bertz CT molecular complexity index is 1070. The molecule has 0 unspecified atom stereocenters. The van der Waals surface area contributed by atoms with Gasteiger partial charge in [-0.15, -0.1) is 5.10 Å². The molecule has 0 saturated carbocycles. The monoisotopic (exact) mass is 385 g/mol. The topological polar surface area (TPSA) is 66.4 Å². The Labute approximate surface area is 170 Å². The number of nitriles is 1. The number of ether oxygens (including phenoxy) is 1. The Balaban J connectivity index is 1.50. The summed E-state index contributed by atoms with van der Waals surface area (Å²) in [4.78, 5) is 6.92.